The highest BCUT2D eigenvalue weighted by molar-refractivity contribution is 6.22. The molecular formula is C22H23NO3. The number of carbonyl (C=O) groups excluding carboxylic acids is 2. The summed E-state index contributed by atoms with van der Waals surface area (Å²) in [5, 5.41) is 0. The normalized spacial score (nSPS) is 25.3. The Hall–Kier alpha value is -2.62. The fraction of sp³-hybridized carbons (Fsp3) is 0.364. The summed E-state index contributed by atoms with van der Waals surface area (Å²) in [5.41, 5.74) is 1.81. The fourth-order valence-corrected chi connectivity index (χ4v) is 4.05. The standard InChI is InChI=1S/C22H23NO3/c1-14-3-8-17(9-4-14)26-18-10-6-16(7-11-18)23-21(24)19-12-5-15(2)13-20(19)22(23)25/h3-4,6-11,15,19-20H,5,12-13H2,1-2H3. The summed E-state index contributed by atoms with van der Waals surface area (Å²) in [4.78, 5) is 26.9. The van der Waals surface area contributed by atoms with E-state index in [1.54, 1.807) is 24.3 Å². The second-order valence-electron chi connectivity index (χ2n) is 7.55. The van der Waals surface area contributed by atoms with Crippen LogP contribution in [0.5, 0.6) is 11.5 Å². The quantitative estimate of drug-likeness (QED) is 0.754. The number of hydrogen-bond acceptors (Lipinski definition) is 3. The largest absolute Gasteiger partial charge is 0.457 e. The Bertz CT molecular complexity index is 825. The van der Waals surface area contributed by atoms with Crippen molar-refractivity contribution < 1.29 is 14.3 Å². The number of anilines is 1. The van der Waals surface area contributed by atoms with Crippen molar-refractivity contribution in [3.8, 4) is 11.5 Å². The first-order chi connectivity index (χ1) is 12.5. The summed E-state index contributed by atoms with van der Waals surface area (Å²) in [6.07, 6.45) is 2.67. The van der Waals surface area contributed by atoms with Crippen molar-refractivity contribution >= 4 is 17.5 Å². The molecule has 2 amide bonds. The number of aryl methyl sites for hydroxylation is 1. The zero-order valence-corrected chi connectivity index (χ0v) is 15.1. The molecule has 1 aliphatic carbocycles. The molecule has 1 saturated heterocycles. The van der Waals surface area contributed by atoms with Gasteiger partial charge < -0.3 is 4.74 Å². The van der Waals surface area contributed by atoms with Crippen molar-refractivity contribution in [1.29, 1.82) is 0 Å². The van der Waals surface area contributed by atoms with E-state index in [1.807, 2.05) is 31.2 Å². The fourth-order valence-electron chi connectivity index (χ4n) is 4.05. The zero-order valence-electron chi connectivity index (χ0n) is 15.1. The molecule has 2 aromatic carbocycles. The average Bonchev–Trinajstić information content (AvgIpc) is 2.88. The molecule has 4 rings (SSSR count). The molecule has 134 valence electrons. The van der Waals surface area contributed by atoms with Crippen LogP contribution in [0.4, 0.5) is 5.69 Å². The first kappa shape index (κ1) is 16.8. The molecule has 1 heterocycles. The molecule has 0 radical (unpaired) electrons. The number of benzene rings is 2. The number of nitrogens with zero attached hydrogens (tertiary/aromatic N) is 1. The molecule has 3 unspecified atom stereocenters. The summed E-state index contributed by atoms with van der Waals surface area (Å²) < 4.78 is 5.82. The molecule has 3 atom stereocenters. The predicted molar refractivity (Wildman–Crippen MR) is 100 cm³/mol. The van der Waals surface area contributed by atoms with Gasteiger partial charge in [0, 0.05) is 0 Å². The van der Waals surface area contributed by atoms with Gasteiger partial charge in [0.15, 0.2) is 0 Å². The highest BCUT2D eigenvalue weighted by Gasteiger charge is 2.49. The lowest BCUT2D eigenvalue weighted by Crippen LogP contribution is -2.30. The van der Waals surface area contributed by atoms with Crippen LogP contribution >= 0.6 is 0 Å². The molecule has 0 N–H and O–H groups in total. The van der Waals surface area contributed by atoms with E-state index in [9.17, 15) is 9.59 Å². The van der Waals surface area contributed by atoms with Crippen LogP contribution in [0.1, 0.15) is 31.7 Å². The van der Waals surface area contributed by atoms with Crippen molar-refractivity contribution in [3.05, 3.63) is 54.1 Å². The second-order valence-corrected chi connectivity index (χ2v) is 7.55. The summed E-state index contributed by atoms with van der Waals surface area (Å²) in [5.74, 6) is 1.59. The van der Waals surface area contributed by atoms with Gasteiger partial charge in [-0.3, -0.25) is 14.5 Å². The summed E-state index contributed by atoms with van der Waals surface area (Å²) in [6, 6.07) is 15.0. The Labute approximate surface area is 153 Å². The van der Waals surface area contributed by atoms with Gasteiger partial charge in [-0.1, -0.05) is 24.6 Å². The molecule has 0 aromatic heterocycles. The van der Waals surface area contributed by atoms with E-state index < -0.39 is 0 Å². The van der Waals surface area contributed by atoms with Gasteiger partial charge in [-0.05, 0) is 68.5 Å². The molecule has 2 aliphatic rings. The number of imide groups is 1. The molecular weight excluding hydrogens is 326 g/mol. The maximum absolute atomic E-state index is 12.8. The van der Waals surface area contributed by atoms with Crippen LogP contribution < -0.4 is 9.64 Å². The minimum absolute atomic E-state index is 0.0425. The Morgan fingerprint density at radius 3 is 2.08 bits per heavy atom. The van der Waals surface area contributed by atoms with E-state index in [4.69, 9.17) is 4.74 Å². The molecule has 1 aliphatic heterocycles. The molecule has 2 aromatic rings. The summed E-state index contributed by atoms with van der Waals surface area (Å²) in [7, 11) is 0. The average molecular weight is 349 g/mol. The Morgan fingerprint density at radius 1 is 0.846 bits per heavy atom. The van der Waals surface area contributed by atoms with Gasteiger partial charge >= 0.3 is 0 Å². The molecule has 26 heavy (non-hydrogen) atoms. The van der Waals surface area contributed by atoms with Crippen LogP contribution in [0.25, 0.3) is 0 Å². The molecule has 0 bridgehead atoms. The van der Waals surface area contributed by atoms with Crippen molar-refractivity contribution in [3.63, 3.8) is 0 Å². The third-order valence-corrected chi connectivity index (χ3v) is 5.54. The van der Waals surface area contributed by atoms with E-state index >= 15 is 0 Å². The topological polar surface area (TPSA) is 46.6 Å². The van der Waals surface area contributed by atoms with Gasteiger partial charge in [0.25, 0.3) is 0 Å². The van der Waals surface area contributed by atoms with Gasteiger partial charge in [-0.15, -0.1) is 0 Å². The molecule has 4 nitrogen and oxygen atoms in total. The predicted octanol–water partition coefficient (Wildman–Crippen LogP) is 4.71. The van der Waals surface area contributed by atoms with Crippen LogP contribution in [-0.2, 0) is 9.59 Å². The zero-order chi connectivity index (χ0) is 18.3. The number of fused-ring (bicyclic) bond motifs is 1. The van der Waals surface area contributed by atoms with Gasteiger partial charge in [-0.2, -0.15) is 0 Å². The smallest absolute Gasteiger partial charge is 0.237 e. The third kappa shape index (κ3) is 3.00. The first-order valence-corrected chi connectivity index (χ1v) is 9.25. The van der Waals surface area contributed by atoms with Crippen LogP contribution in [0.2, 0.25) is 0 Å². The SMILES string of the molecule is Cc1ccc(Oc2ccc(N3C(=O)C4CCC(C)CC4C3=O)cc2)cc1. The lowest BCUT2D eigenvalue weighted by molar-refractivity contribution is -0.122. The van der Waals surface area contributed by atoms with Gasteiger partial charge in [-0.25, -0.2) is 0 Å². The highest BCUT2D eigenvalue weighted by Crippen LogP contribution is 2.42. The van der Waals surface area contributed by atoms with Crippen LogP contribution in [0, 0.1) is 24.7 Å². The molecule has 4 heteroatoms. The first-order valence-electron chi connectivity index (χ1n) is 9.25. The van der Waals surface area contributed by atoms with Crippen LogP contribution in [-0.4, -0.2) is 11.8 Å². The van der Waals surface area contributed by atoms with E-state index in [0.29, 0.717) is 17.4 Å². The van der Waals surface area contributed by atoms with Crippen molar-refractivity contribution in [1.82, 2.24) is 0 Å². The minimum Gasteiger partial charge on any atom is -0.457 e. The van der Waals surface area contributed by atoms with Gasteiger partial charge in [0.1, 0.15) is 11.5 Å². The summed E-state index contributed by atoms with van der Waals surface area (Å²) >= 11 is 0. The summed E-state index contributed by atoms with van der Waals surface area (Å²) in [6.45, 7) is 4.19. The maximum atomic E-state index is 12.8. The van der Waals surface area contributed by atoms with E-state index in [0.717, 1.165) is 25.0 Å². The number of amides is 2. The van der Waals surface area contributed by atoms with Crippen molar-refractivity contribution in [2.24, 2.45) is 17.8 Å². The van der Waals surface area contributed by atoms with Crippen molar-refractivity contribution in [2.45, 2.75) is 33.1 Å². The van der Waals surface area contributed by atoms with E-state index in [2.05, 4.69) is 6.92 Å². The lowest BCUT2D eigenvalue weighted by atomic mass is 9.76. The Kier molecular flexibility index (Phi) is 4.27. The van der Waals surface area contributed by atoms with Crippen LogP contribution in [0.3, 0.4) is 0 Å². The number of ether oxygens (including phenoxy) is 1. The molecule has 0 spiro atoms. The monoisotopic (exact) mass is 349 g/mol. The minimum atomic E-state index is -0.144. The molecule has 2 fully saturated rings. The number of rotatable bonds is 3. The number of carbonyl (C=O) groups is 2. The Balaban J connectivity index is 1.52. The van der Waals surface area contributed by atoms with Gasteiger partial charge in [0.2, 0.25) is 11.8 Å². The van der Waals surface area contributed by atoms with Crippen molar-refractivity contribution in [2.75, 3.05) is 4.90 Å². The second kappa shape index (κ2) is 6.60. The molecule has 1 saturated carbocycles. The lowest BCUT2D eigenvalue weighted by Gasteiger charge is -2.25. The number of hydrogen-bond donors (Lipinski definition) is 0. The maximum Gasteiger partial charge on any atom is 0.237 e. The van der Waals surface area contributed by atoms with E-state index in [1.165, 1.54) is 10.5 Å². The van der Waals surface area contributed by atoms with E-state index in [-0.39, 0.29) is 23.7 Å². The highest BCUT2D eigenvalue weighted by atomic mass is 16.5. The third-order valence-electron chi connectivity index (χ3n) is 5.54. The van der Waals surface area contributed by atoms with Crippen LogP contribution in [0.15, 0.2) is 48.5 Å². The Morgan fingerprint density at radius 2 is 1.42 bits per heavy atom. The van der Waals surface area contributed by atoms with Gasteiger partial charge in [0.05, 0.1) is 17.5 Å².